The second kappa shape index (κ2) is 5.69. The van der Waals surface area contributed by atoms with Gasteiger partial charge in [-0.15, -0.1) is 0 Å². The monoisotopic (exact) mass is 298 g/mol. The standard InChI is InChI=1S/C16H18N4S/c1-3-17-14-10-12-8-6-5-7-11(12)9-13(14)15-18-19-16(21)20(15)4-2/h5-10,17H,3-4H2,1-2H3,(H,19,21). The number of rotatable bonds is 4. The van der Waals surface area contributed by atoms with Crippen molar-refractivity contribution in [2.45, 2.75) is 20.4 Å². The zero-order valence-electron chi connectivity index (χ0n) is 12.2. The molecule has 0 radical (unpaired) electrons. The van der Waals surface area contributed by atoms with Crippen LogP contribution in [0.4, 0.5) is 5.69 Å². The van der Waals surface area contributed by atoms with Crippen LogP contribution in [0, 0.1) is 4.77 Å². The summed E-state index contributed by atoms with van der Waals surface area (Å²) in [5.41, 5.74) is 2.16. The number of aromatic nitrogens is 3. The number of benzene rings is 2. The number of anilines is 1. The number of hydrogen-bond donors (Lipinski definition) is 2. The Kier molecular flexibility index (Phi) is 3.75. The van der Waals surface area contributed by atoms with Gasteiger partial charge in [0, 0.05) is 24.3 Å². The minimum absolute atomic E-state index is 0.656. The average Bonchev–Trinajstić information content (AvgIpc) is 2.87. The molecule has 0 fully saturated rings. The summed E-state index contributed by atoms with van der Waals surface area (Å²) < 4.78 is 2.67. The molecule has 1 heterocycles. The van der Waals surface area contributed by atoms with E-state index in [4.69, 9.17) is 12.2 Å². The number of aromatic amines is 1. The molecule has 0 aliphatic carbocycles. The van der Waals surface area contributed by atoms with Crippen LogP contribution in [0.3, 0.4) is 0 Å². The maximum atomic E-state index is 5.30. The average molecular weight is 298 g/mol. The highest BCUT2D eigenvalue weighted by molar-refractivity contribution is 7.71. The van der Waals surface area contributed by atoms with E-state index < -0.39 is 0 Å². The quantitative estimate of drug-likeness (QED) is 0.709. The maximum Gasteiger partial charge on any atom is 0.195 e. The summed E-state index contributed by atoms with van der Waals surface area (Å²) in [7, 11) is 0. The molecule has 3 rings (SSSR count). The smallest absolute Gasteiger partial charge is 0.195 e. The van der Waals surface area contributed by atoms with E-state index in [0.717, 1.165) is 30.2 Å². The van der Waals surface area contributed by atoms with Crippen molar-refractivity contribution in [1.29, 1.82) is 0 Å². The van der Waals surface area contributed by atoms with E-state index in [1.165, 1.54) is 10.8 Å². The second-order valence-corrected chi connectivity index (χ2v) is 5.26. The van der Waals surface area contributed by atoms with Crippen molar-refractivity contribution in [3.05, 3.63) is 41.2 Å². The number of nitrogens with zero attached hydrogens (tertiary/aromatic N) is 2. The molecule has 0 amide bonds. The van der Waals surface area contributed by atoms with Gasteiger partial charge in [0.15, 0.2) is 10.6 Å². The molecular formula is C16H18N4S. The molecule has 0 spiro atoms. The summed E-state index contributed by atoms with van der Waals surface area (Å²) in [6.07, 6.45) is 0. The van der Waals surface area contributed by atoms with Crippen LogP contribution in [0.2, 0.25) is 0 Å². The normalized spacial score (nSPS) is 11.0. The molecule has 0 saturated carbocycles. The van der Waals surface area contributed by atoms with Gasteiger partial charge in [-0.05, 0) is 49.0 Å². The topological polar surface area (TPSA) is 45.6 Å². The van der Waals surface area contributed by atoms with E-state index in [2.05, 4.69) is 65.8 Å². The van der Waals surface area contributed by atoms with Crippen LogP contribution < -0.4 is 5.32 Å². The molecule has 0 aliphatic rings. The van der Waals surface area contributed by atoms with Crippen molar-refractivity contribution in [1.82, 2.24) is 14.8 Å². The van der Waals surface area contributed by atoms with Gasteiger partial charge in [-0.1, -0.05) is 24.3 Å². The molecule has 4 nitrogen and oxygen atoms in total. The van der Waals surface area contributed by atoms with E-state index in [9.17, 15) is 0 Å². The third kappa shape index (κ3) is 2.45. The fourth-order valence-corrected chi connectivity index (χ4v) is 2.84. The Bertz CT molecular complexity index is 832. The van der Waals surface area contributed by atoms with Crippen LogP contribution in [0.15, 0.2) is 36.4 Å². The summed E-state index contributed by atoms with van der Waals surface area (Å²) >= 11 is 5.30. The molecule has 2 aromatic carbocycles. The predicted octanol–water partition coefficient (Wildman–Crippen LogP) is 4.21. The van der Waals surface area contributed by atoms with Gasteiger partial charge in [-0.3, -0.25) is 5.10 Å². The van der Waals surface area contributed by atoms with Crippen molar-refractivity contribution >= 4 is 28.7 Å². The molecule has 3 aromatic rings. The number of nitrogens with one attached hydrogen (secondary N) is 2. The second-order valence-electron chi connectivity index (χ2n) is 4.87. The lowest BCUT2D eigenvalue weighted by Gasteiger charge is -2.13. The first-order valence-corrected chi connectivity index (χ1v) is 7.57. The van der Waals surface area contributed by atoms with Crippen LogP contribution in [-0.2, 0) is 6.54 Å². The Morgan fingerprint density at radius 2 is 1.90 bits per heavy atom. The highest BCUT2D eigenvalue weighted by Gasteiger charge is 2.13. The fourth-order valence-electron chi connectivity index (χ4n) is 2.58. The molecule has 21 heavy (non-hydrogen) atoms. The molecular weight excluding hydrogens is 280 g/mol. The van der Waals surface area contributed by atoms with Crippen molar-refractivity contribution in [3.8, 4) is 11.4 Å². The summed E-state index contributed by atoms with van der Waals surface area (Å²) in [5, 5.41) is 13.1. The Balaban J connectivity index is 2.28. The molecule has 0 atom stereocenters. The number of hydrogen-bond acceptors (Lipinski definition) is 3. The molecule has 0 aliphatic heterocycles. The third-order valence-electron chi connectivity index (χ3n) is 3.57. The molecule has 108 valence electrons. The summed E-state index contributed by atoms with van der Waals surface area (Å²) in [6.45, 7) is 5.82. The Morgan fingerprint density at radius 1 is 1.19 bits per heavy atom. The van der Waals surface area contributed by atoms with E-state index in [1.807, 2.05) is 4.57 Å². The number of H-pyrrole nitrogens is 1. The van der Waals surface area contributed by atoms with Gasteiger partial charge in [0.1, 0.15) is 0 Å². The van der Waals surface area contributed by atoms with Crippen LogP contribution >= 0.6 is 12.2 Å². The lowest BCUT2D eigenvalue weighted by molar-refractivity contribution is 0.756. The van der Waals surface area contributed by atoms with E-state index in [0.29, 0.717) is 4.77 Å². The Morgan fingerprint density at radius 3 is 2.57 bits per heavy atom. The highest BCUT2D eigenvalue weighted by Crippen LogP contribution is 2.31. The van der Waals surface area contributed by atoms with Gasteiger partial charge in [0.2, 0.25) is 0 Å². The first-order chi connectivity index (χ1) is 10.2. The van der Waals surface area contributed by atoms with Crippen molar-refractivity contribution in [2.24, 2.45) is 0 Å². The van der Waals surface area contributed by atoms with Crippen molar-refractivity contribution in [3.63, 3.8) is 0 Å². The molecule has 5 heteroatoms. The fraction of sp³-hybridized carbons (Fsp3) is 0.250. The van der Waals surface area contributed by atoms with Gasteiger partial charge in [-0.25, -0.2) is 0 Å². The summed E-state index contributed by atoms with van der Waals surface area (Å²) in [6, 6.07) is 12.7. The Hall–Kier alpha value is -2.14. The molecule has 0 unspecified atom stereocenters. The minimum Gasteiger partial charge on any atom is -0.385 e. The van der Waals surface area contributed by atoms with E-state index in [1.54, 1.807) is 0 Å². The van der Waals surface area contributed by atoms with Gasteiger partial charge >= 0.3 is 0 Å². The van der Waals surface area contributed by atoms with Gasteiger partial charge < -0.3 is 9.88 Å². The molecule has 2 N–H and O–H groups in total. The first-order valence-electron chi connectivity index (χ1n) is 7.16. The van der Waals surface area contributed by atoms with Crippen LogP contribution in [0.25, 0.3) is 22.2 Å². The molecule has 0 bridgehead atoms. The SMILES string of the molecule is CCNc1cc2ccccc2cc1-c1n[nH]c(=S)n1CC. The van der Waals surface area contributed by atoms with Crippen LogP contribution in [0.5, 0.6) is 0 Å². The zero-order valence-corrected chi connectivity index (χ0v) is 13.0. The lowest BCUT2D eigenvalue weighted by Crippen LogP contribution is -2.03. The first kappa shape index (κ1) is 13.8. The number of fused-ring (bicyclic) bond motifs is 1. The summed E-state index contributed by atoms with van der Waals surface area (Å²) in [5.74, 6) is 0.879. The largest absolute Gasteiger partial charge is 0.385 e. The predicted molar refractivity (Wildman–Crippen MR) is 90.2 cm³/mol. The van der Waals surface area contributed by atoms with E-state index in [-0.39, 0.29) is 0 Å². The highest BCUT2D eigenvalue weighted by atomic mass is 32.1. The third-order valence-corrected chi connectivity index (χ3v) is 3.88. The Labute approximate surface area is 128 Å². The zero-order chi connectivity index (χ0) is 14.8. The van der Waals surface area contributed by atoms with Crippen LogP contribution in [-0.4, -0.2) is 21.3 Å². The minimum atomic E-state index is 0.656. The van der Waals surface area contributed by atoms with Gasteiger partial charge in [0.25, 0.3) is 0 Å². The van der Waals surface area contributed by atoms with Crippen molar-refractivity contribution < 1.29 is 0 Å². The maximum absolute atomic E-state index is 5.30. The summed E-state index contributed by atoms with van der Waals surface area (Å²) in [4.78, 5) is 0. The van der Waals surface area contributed by atoms with Crippen molar-refractivity contribution in [2.75, 3.05) is 11.9 Å². The molecule has 0 saturated heterocycles. The molecule has 1 aromatic heterocycles. The van der Waals surface area contributed by atoms with Crippen LogP contribution in [0.1, 0.15) is 13.8 Å². The lowest BCUT2D eigenvalue weighted by atomic mass is 10.0. The van der Waals surface area contributed by atoms with Gasteiger partial charge in [-0.2, -0.15) is 5.10 Å². The van der Waals surface area contributed by atoms with Gasteiger partial charge in [0.05, 0.1) is 0 Å². The van der Waals surface area contributed by atoms with E-state index >= 15 is 0 Å².